The molecule has 0 saturated heterocycles. The van der Waals surface area contributed by atoms with Crippen LogP contribution in [0.1, 0.15) is 6.92 Å². The average molecular weight is 168 g/mol. The number of allylic oxidation sites excluding steroid dienone is 3. The van der Waals surface area contributed by atoms with Crippen molar-refractivity contribution < 1.29 is 4.74 Å². The minimum atomic E-state index is 0.399. The van der Waals surface area contributed by atoms with Gasteiger partial charge in [-0.3, -0.25) is 0 Å². The summed E-state index contributed by atoms with van der Waals surface area (Å²) in [7, 11) is 1.56. The topological polar surface area (TPSA) is 61.3 Å². The summed E-state index contributed by atoms with van der Waals surface area (Å²) in [6.45, 7) is 5.89. The Morgan fingerprint density at radius 2 is 2.08 bits per heavy atom. The third kappa shape index (κ3) is 3.83. The van der Waals surface area contributed by atoms with E-state index in [0.717, 1.165) is 11.3 Å². The summed E-state index contributed by atoms with van der Waals surface area (Å²) in [6, 6.07) is 0. The Hall–Kier alpha value is -1.22. The summed E-state index contributed by atoms with van der Waals surface area (Å²) >= 11 is 0. The van der Waals surface area contributed by atoms with Crippen molar-refractivity contribution >= 4 is 0 Å². The van der Waals surface area contributed by atoms with Crippen molar-refractivity contribution in [2.24, 2.45) is 11.5 Å². The molecule has 0 heterocycles. The van der Waals surface area contributed by atoms with E-state index in [1.165, 1.54) is 0 Å². The average Bonchev–Trinajstić information content (AvgIpc) is 2.04. The predicted molar refractivity (Wildman–Crippen MR) is 51.2 cm³/mol. The Balaban J connectivity index is 4.44. The van der Waals surface area contributed by atoms with Gasteiger partial charge in [0.05, 0.1) is 7.11 Å². The largest absolute Gasteiger partial charge is 0.497 e. The van der Waals surface area contributed by atoms with Crippen LogP contribution in [0.5, 0.6) is 0 Å². The molecule has 0 fully saturated rings. The van der Waals surface area contributed by atoms with Crippen LogP contribution in [0, 0.1) is 0 Å². The van der Waals surface area contributed by atoms with Gasteiger partial charge in [0.1, 0.15) is 5.76 Å². The molecule has 0 aromatic carbocycles. The molecular weight excluding hydrogens is 152 g/mol. The summed E-state index contributed by atoms with van der Waals surface area (Å²) in [4.78, 5) is 0. The van der Waals surface area contributed by atoms with Gasteiger partial charge in [-0.05, 0) is 13.0 Å². The van der Waals surface area contributed by atoms with Crippen LogP contribution in [0.4, 0.5) is 0 Å². The number of ether oxygens (including phenoxy) is 1. The van der Waals surface area contributed by atoms with Gasteiger partial charge < -0.3 is 16.2 Å². The molecule has 4 N–H and O–H groups in total. The molecule has 3 nitrogen and oxygen atoms in total. The predicted octanol–water partition coefficient (Wildman–Crippen LogP) is 0.894. The normalized spacial score (nSPS) is 12.9. The summed E-state index contributed by atoms with van der Waals surface area (Å²) in [5.41, 5.74) is 12.5. The van der Waals surface area contributed by atoms with Crippen molar-refractivity contribution in [2.75, 3.05) is 13.7 Å². The Bertz CT molecular complexity index is 213. The summed E-state index contributed by atoms with van der Waals surface area (Å²) < 4.78 is 4.92. The Kier molecular flexibility index (Phi) is 4.88. The fraction of sp³-hybridized carbons (Fsp3) is 0.333. The van der Waals surface area contributed by atoms with Gasteiger partial charge in [0.2, 0.25) is 0 Å². The van der Waals surface area contributed by atoms with Crippen LogP contribution in [-0.4, -0.2) is 13.7 Å². The van der Waals surface area contributed by atoms with Crippen molar-refractivity contribution in [3.63, 3.8) is 0 Å². The van der Waals surface area contributed by atoms with Crippen LogP contribution < -0.4 is 11.5 Å². The molecule has 12 heavy (non-hydrogen) atoms. The van der Waals surface area contributed by atoms with Crippen molar-refractivity contribution in [3.8, 4) is 0 Å². The highest BCUT2D eigenvalue weighted by atomic mass is 16.5. The van der Waals surface area contributed by atoms with Crippen molar-refractivity contribution in [3.05, 3.63) is 35.8 Å². The van der Waals surface area contributed by atoms with E-state index in [4.69, 9.17) is 16.2 Å². The first-order valence-corrected chi connectivity index (χ1v) is 3.68. The molecule has 0 bridgehead atoms. The van der Waals surface area contributed by atoms with E-state index in [2.05, 4.69) is 6.58 Å². The monoisotopic (exact) mass is 168 g/mol. The number of methoxy groups -OCH3 is 1. The second-order valence-corrected chi connectivity index (χ2v) is 2.43. The SMILES string of the molecule is C=C(OC)/C(=C\C=C(\C)N)CN. The maximum Gasteiger partial charge on any atom is 0.116 e. The molecule has 68 valence electrons. The molecule has 0 radical (unpaired) electrons. The molecule has 0 rings (SSSR count). The Morgan fingerprint density at radius 1 is 1.50 bits per heavy atom. The number of hydrogen-bond donors (Lipinski definition) is 2. The molecule has 0 aromatic heterocycles. The van der Waals surface area contributed by atoms with Gasteiger partial charge in [0.15, 0.2) is 0 Å². The molecule has 3 heteroatoms. The second-order valence-electron chi connectivity index (χ2n) is 2.43. The molecule has 0 saturated carbocycles. The zero-order chi connectivity index (χ0) is 9.56. The first-order valence-electron chi connectivity index (χ1n) is 3.68. The van der Waals surface area contributed by atoms with Crippen LogP contribution >= 0.6 is 0 Å². The van der Waals surface area contributed by atoms with Gasteiger partial charge in [0.25, 0.3) is 0 Å². The highest BCUT2D eigenvalue weighted by Gasteiger charge is 1.97. The number of nitrogens with two attached hydrogens (primary N) is 2. The summed E-state index contributed by atoms with van der Waals surface area (Å²) in [6.07, 6.45) is 3.58. The lowest BCUT2D eigenvalue weighted by Gasteiger charge is -2.05. The number of hydrogen-bond acceptors (Lipinski definition) is 3. The molecular formula is C9H16N2O. The molecule has 0 atom stereocenters. The van der Waals surface area contributed by atoms with Gasteiger partial charge in [-0.2, -0.15) is 0 Å². The minimum Gasteiger partial charge on any atom is -0.497 e. The maximum absolute atomic E-state index is 5.46. The van der Waals surface area contributed by atoms with Gasteiger partial charge in [-0.25, -0.2) is 0 Å². The van der Waals surface area contributed by atoms with E-state index in [0.29, 0.717) is 12.3 Å². The standard InChI is InChI=1S/C9H16N2O/c1-7(11)4-5-9(6-10)8(2)12-3/h4-5H,2,6,10-11H2,1,3H3/b7-4-,9-5-. The van der Waals surface area contributed by atoms with Crippen molar-refractivity contribution in [1.82, 2.24) is 0 Å². The smallest absolute Gasteiger partial charge is 0.116 e. The van der Waals surface area contributed by atoms with Crippen molar-refractivity contribution in [1.29, 1.82) is 0 Å². The van der Waals surface area contributed by atoms with E-state index < -0.39 is 0 Å². The quantitative estimate of drug-likeness (QED) is 0.484. The third-order valence-electron chi connectivity index (χ3n) is 1.37. The lowest BCUT2D eigenvalue weighted by molar-refractivity contribution is 0.302. The fourth-order valence-electron chi connectivity index (χ4n) is 0.638. The van der Waals surface area contributed by atoms with Crippen LogP contribution in [0.3, 0.4) is 0 Å². The van der Waals surface area contributed by atoms with Crippen LogP contribution in [0.2, 0.25) is 0 Å². The molecule has 0 spiro atoms. The minimum absolute atomic E-state index is 0.399. The Labute approximate surface area is 73.4 Å². The van der Waals surface area contributed by atoms with Gasteiger partial charge in [-0.1, -0.05) is 12.7 Å². The molecule has 0 aliphatic carbocycles. The summed E-state index contributed by atoms with van der Waals surface area (Å²) in [5, 5.41) is 0. The lowest BCUT2D eigenvalue weighted by atomic mass is 10.2. The highest BCUT2D eigenvalue weighted by molar-refractivity contribution is 5.29. The first kappa shape index (κ1) is 10.8. The third-order valence-corrected chi connectivity index (χ3v) is 1.37. The van der Waals surface area contributed by atoms with Crippen LogP contribution in [0.25, 0.3) is 0 Å². The van der Waals surface area contributed by atoms with E-state index >= 15 is 0 Å². The molecule has 0 amide bonds. The van der Waals surface area contributed by atoms with Gasteiger partial charge in [0, 0.05) is 17.8 Å². The number of rotatable bonds is 4. The highest BCUT2D eigenvalue weighted by Crippen LogP contribution is 2.06. The fourth-order valence-corrected chi connectivity index (χ4v) is 0.638. The molecule has 0 aliphatic rings. The van der Waals surface area contributed by atoms with Gasteiger partial charge in [-0.15, -0.1) is 0 Å². The van der Waals surface area contributed by atoms with E-state index in [-0.39, 0.29) is 0 Å². The Morgan fingerprint density at radius 3 is 2.42 bits per heavy atom. The molecule has 0 unspecified atom stereocenters. The zero-order valence-electron chi connectivity index (χ0n) is 7.63. The lowest BCUT2D eigenvalue weighted by Crippen LogP contribution is -2.06. The van der Waals surface area contributed by atoms with Crippen molar-refractivity contribution in [2.45, 2.75) is 6.92 Å². The van der Waals surface area contributed by atoms with Crippen LogP contribution in [0.15, 0.2) is 35.8 Å². The molecule has 0 aliphatic heterocycles. The van der Waals surface area contributed by atoms with E-state index in [1.54, 1.807) is 26.2 Å². The molecule has 0 aromatic rings. The maximum atomic E-state index is 5.46. The van der Waals surface area contributed by atoms with E-state index in [9.17, 15) is 0 Å². The van der Waals surface area contributed by atoms with Gasteiger partial charge >= 0.3 is 0 Å². The van der Waals surface area contributed by atoms with Crippen LogP contribution in [-0.2, 0) is 4.74 Å². The second kappa shape index (κ2) is 5.43. The zero-order valence-corrected chi connectivity index (χ0v) is 7.63. The first-order chi connectivity index (χ1) is 5.61. The summed E-state index contributed by atoms with van der Waals surface area (Å²) in [5.74, 6) is 0.579. The van der Waals surface area contributed by atoms with E-state index in [1.807, 2.05) is 0 Å².